The zero-order valence-corrected chi connectivity index (χ0v) is 8.15. The van der Waals surface area contributed by atoms with Crippen LogP contribution in [-0.4, -0.2) is 17.8 Å². The molecule has 0 spiro atoms. The highest BCUT2D eigenvalue weighted by Crippen LogP contribution is 2.07. The van der Waals surface area contributed by atoms with E-state index in [9.17, 15) is 4.79 Å². The van der Waals surface area contributed by atoms with Crippen LogP contribution in [0, 0.1) is 6.92 Å². The first-order valence-corrected chi connectivity index (χ1v) is 5.22. The van der Waals surface area contributed by atoms with Gasteiger partial charge in [0.2, 0.25) is 0 Å². The van der Waals surface area contributed by atoms with Gasteiger partial charge in [-0.1, -0.05) is 23.8 Å². The molecule has 1 nitrogen and oxygen atoms in total. The smallest absolute Gasteiger partial charge is 0.172 e. The van der Waals surface area contributed by atoms with Crippen molar-refractivity contribution in [1.82, 2.24) is 0 Å². The van der Waals surface area contributed by atoms with Gasteiger partial charge in [0.25, 0.3) is 0 Å². The lowest BCUT2D eigenvalue weighted by atomic mass is 10.1. The Morgan fingerprint density at radius 1 is 1.50 bits per heavy atom. The quantitative estimate of drug-likeness (QED) is 0.665. The monoisotopic (exact) mass is 180 g/mol. The number of Topliss-reactive ketones (excluding diaryl/α,β-unsaturated/α-hetero) is 1. The number of rotatable bonds is 3. The van der Waals surface area contributed by atoms with E-state index in [1.54, 1.807) is 11.8 Å². The maximum Gasteiger partial charge on any atom is 0.172 e. The van der Waals surface area contributed by atoms with Gasteiger partial charge in [0.1, 0.15) is 0 Å². The molecule has 0 bridgehead atoms. The van der Waals surface area contributed by atoms with Crippen LogP contribution in [0.4, 0.5) is 0 Å². The Balaban J connectivity index is 2.81. The van der Waals surface area contributed by atoms with Crippen molar-refractivity contribution >= 4 is 17.5 Å². The minimum atomic E-state index is 0.214. The third kappa shape index (κ3) is 2.38. The summed E-state index contributed by atoms with van der Waals surface area (Å²) in [6.45, 7) is 2.00. The number of benzene rings is 1. The van der Waals surface area contributed by atoms with Crippen LogP contribution in [0.1, 0.15) is 15.9 Å². The number of thioether (sulfide) groups is 1. The van der Waals surface area contributed by atoms with E-state index in [0.717, 1.165) is 11.1 Å². The van der Waals surface area contributed by atoms with Crippen LogP contribution in [-0.2, 0) is 0 Å². The van der Waals surface area contributed by atoms with Crippen molar-refractivity contribution in [2.45, 2.75) is 6.92 Å². The molecule has 0 radical (unpaired) electrons. The molecule has 64 valence electrons. The summed E-state index contributed by atoms with van der Waals surface area (Å²) in [7, 11) is 0. The van der Waals surface area contributed by atoms with Gasteiger partial charge < -0.3 is 0 Å². The molecule has 1 rings (SSSR count). The average molecular weight is 180 g/mol. The maximum atomic E-state index is 11.4. The molecular weight excluding hydrogens is 168 g/mol. The molecule has 0 aromatic heterocycles. The third-order valence-corrected chi connectivity index (χ3v) is 2.17. The molecule has 1 aromatic carbocycles. The van der Waals surface area contributed by atoms with E-state index in [1.165, 1.54) is 0 Å². The second-order valence-electron chi connectivity index (χ2n) is 2.73. The SMILES string of the molecule is CSCC(=O)c1cccc(C)c1. The molecule has 0 aliphatic rings. The zero-order valence-electron chi connectivity index (χ0n) is 7.33. The molecule has 12 heavy (non-hydrogen) atoms. The molecule has 0 heterocycles. The molecule has 0 N–H and O–H groups in total. The third-order valence-electron chi connectivity index (χ3n) is 1.62. The van der Waals surface area contributed by atoms with Crippen molar-refractivity contribution in [3.05, 3.63) is 35.4 Å². The highest BCUT2D eigenvalue weighted by molar-refractivity contribution is 7.99. The lowest BCUT2D eigenvalue weighted by Crippen LogP contribution is -2.01. The summed E-state index contributed by atoms with van der Waals surface area (Å²) >= 11 is 1.56. The molecule has 0 amide bonds. The van der Waals surface area contributed by atoms with Crippen molar-refractivity contribution in [3.8, 4) is 0 Å². The fourth-order valence-electron chi connectivity index (χ4n) is 1.03. The molecule has 2 heteroatoms. The average Bonchev–Trinajstić information content (AvgIpc) is 2.05. The molecule has 0 fully saturated rings. The Morgan fingerprint density at radius 3 is 2.83 bits per heavy atom. The van der Waals surface area contributed by atoms with Gasteiger partial charge in [-0.25, -0.2) is 0 Å². The summed E-state index contributed by atoms with van der Waals surface area (Å²) in [6, 6.07) is 7.71. The van der Waals surface area contributed by atoms with Gasteiger partial charge in [-0.3, -0.25) is 4.79 Å². The predicted octanol–water partition coefficient (Wildman–Crippen LogP) is 2.54. The van der Waals surface area contributed by atoms with E-state index in [-0.39, 0.29) is 5.78 Å². The fourth-order valence-corrected chi connectivity index (χ4v) is 1.46. The Kier molecular flexibility index (Phi) is 3.35. The van der Waals surface area contributed by atoms with Gasteiger partial charge in [-0.15, -0.1) is 0 Å². The van der Waals surface area contributed by atoms with E-state index >= 15 is 0 Å². The summed E-state index contributed by atoms with van der Waals surface area (Å²) in [6.07, 6.45) is 1.94. The number of carbonyl (C=O) groups excluding carboxylic acids is 1. The summed E-state index contributed by atoms with van der Waals surface area (Å²) in [4.78, 5) is 11.4. The normalized spacial score (nSPS) is 9.83. The predicted molar refractivity (Wildman–Crippen MR) is 53.9 cm³/mol. The van der Waals surface area contributed by atoms with Crippen LogP contribution in [0.2, 0.25) is 0 Å². The number of ketones is 1. The highest BCUT2D eigenvalue weighted by Gasteiger charge is 2.03. The second kappa shape index (κ2) is 4.31. The first kappa shape index (κ1) is 9.33. The maximum absolute atomic E-state index is 11.4. The Hall–Kier alpha value is -0.760. The van der Waals surface area contributed by atoms with Crippen molar-refractivity contribution in [3.63, 3.8) is 0 Å². The van der Waals surface area contributed by atoms with Gasteiger partial charge >= 0.3 is 0 Å². The number of hydrogen-bond donors (Lipinski definition) is 0. The van der Waals surface area contributed by atoms with Crippen LogP contribution in [0.15, 0.2) is 24.3 Å². The zero-order chi connectivity index (χ0) is 8.97. The molecule has 0 atom stereocenters. The summed E-state index contributed by atoms with van der Waals surface area (Å²) in [5.74, 6) is 0.787. The molecule has 0 aliphatic carbocycles. The Bertz CT molecular complexity index is 281. The van der Waals surface area contributed by atoms with E-state index in [0.29, 0.717) is 5.75 Å². The van der Waals surface area contributed by atoms with Crippen molar-refractivity contribution in [1.29, 1.82) is 0 Å². The fraction of sp³-hybridized carbons (Fsp3) is 0.300. The van der Waals surface area contributed by atoms with Crippen LogP contribution < -0.4 is 0 Å². The van der Waals surface area contributed by atoms with Gasteiger partial charge in [0.05, 0.1) is 5.75 Å². The highest BCUT2D eigenvalue weighted by atomic mass is 32.2. The van der Waals surface area contributed by atoms with E-state index < -0.39 is 0 Å². The lowest BCUT2D eigenvalue weighted by molar-refractivity contribution is 0.102. The molecular formula is C10H12OS. The molecule has 0 aliphatic heterocycles. The van der Waals surface area contributed by atoms with Gasteiger partial charge in [-0.05, 0) is 19.2 Å². The Morgan fingerprint density at radius 2 is 2.25 bits per heavy atom. The second-order valence-corrected chi connectivity index (χ2v) is 3.59. The van der Waals surface area contributed by atoms with E-state index in [1.807, 2.05) is 37.4 Å². The summed E-state index contributed by atoms with van der Waals surface area (Å²) in [5.41, 5.74) is 1.96. The van der Waals surface area contributed by atoms with Crippen LogP contribution in [0.5, 0.6) is 0 Å². The first-order chi connectivity index (χ1) is 5.74. The van der Waals surface area contributed by atoms with E-state index in [2.05, 4.69) is 0 Å². The molecule has 0 unspecified atom stereocenters. The van der Waals surface area contributed by atoms with Crippen LogP contribution in [0.3, 0.4) is 0 Å². The van der Waals surface area contributed by atoms with Crippen molar-refractivity contribution in [2.75, 3.05) is 12.0 Å². The topological polar surface area (TPSA) is 17.1 Å². The molecule has 1 aromatic rings. The van der Waals surface area contributed by atoms with Crippen molar-refractivity contribution < 1.29 is 4.79 Å². The Labute approximate surface area is 77.2 Å². The molecule has 0 saturated carbocycles. The first-order valence-electron chi connectivity index (χ1n) is 3.83. The van der Waals surface area contributed by atoms with Crippen LogP contribution >= 0.6 is 11.8 Å². The standard InChI is InChI=1S/C10H12OS/c1-8-4-3-5-9(6-8)10(11)7-12-2/h3-6H,7H2,1-2H3. The van der Waals surface area contributed by atoms with Crippen LogP contribution in [0.25, 0.3) is 0 Å². The lowest BCUT2D eigenvalue weighted by Gasteiger charge is -1.99. The largest absolute Gasteiger partial charge is 0.293 e. The van der Waals surface area contributed by atoms with Gasteiger partial charge in [0, 0.05) is 5.56 Å². The number of aryl methyl sites for hydroxylation is 1. The van der Waals surface area contributed by atoms with Gasteiger partial charge in [0.15, 0.2) is 5.78 Å². The molecule has 0 saturated heterocycles. The summed E-state index contributed by atoms with van der Waals surface area (Å²) in [5, 5.41) is 0. The van der Waals surface area contributed by atoms with E-state index in [4.69, 9.17) is 0 Å². The number of hydrogen-bond acceptors (Lipinski definition) is 2. The summed E-state index contributed by atoms with van der Waals surface area (Å²) < 4.78 is 0. The van der Waals surface area contributed by atoms with Crippen molar-refractivity contribution in [2.24, 2.45) is 0 Å². The van der Waals surface area contributed by atoms with Gasteiger partial charge in [-0.2, -0.15) is 11.8 Å². The minimum Gasteiger partial charge on any atom is -0.293 e. The minimum absolute atomic E-state index is 0.214. The number of carbonyl (C=O) groups is 1.